The molecule has 8 nitrogen and oxygen atoms in total. The van der Waals surface area contributed by atoms with Crippen LogP contribution in [0.15, 0.2) is 36.7 Å². The smallest absolute Gasteiger partial charge is 0.356 e. The predicted molar refractivity (Wildman–Crippen MR) is 72.5 cm³/mol. The maximum Gasteiger partial charge on any atom is 0.356 e. The fourth-order valence-corrected chi connectivity index (χ4v) is 1.88. The summed E-state index contributed by atoms with van der Waals surface area (Å²) in [4.78, 5) is 14.0. The molecule has 0 spiro atoms. The molecule has 8 heteroatoms. The molecule has 0 atom stereocenters. The van der Waals surface area contributed by atoms with Gasteiger partial charge in [0, 0.05) is 24.0 Å². The molecular weight excluding hydrogens is 274 g/mol. The summed E-state index contributed by atoms with van der Waals surface area (Å²) in [5.74, 6) is -0.334. The SMILES string of the molecule is COc1ccc(-n2nc(C(=O)O)cc2-c2cc[nH]c2)nn1. The Labute approximate surface area is 119 Å². The average molecular weight is 285 g/mol. The zero-order valence-electron chi connectivity index (χ0n) is 11.0. The molecule has 0 amide bonds. The van der Waals surface area contributed by atoms with E-state index in [-0.39, 0.29) is 5.69 Å². The van der Waals surface area contributed by atoms with Gasteiger partial charge in [0.1, 0.15) is 0 Å². The molecule has 0 saturated carbocycles. The van der Waals surface area contributed by atoms with E-state index in [1.165, 1.54) is 17.9 Å². The molecule has 3 aromatic rings. The van der Waals surface area contributed by atoms with E-state index in [1.807, 2.05) is 6.07 Å². The summed E-state index contributed by atoms with van der Waals surface area (Å²) in [5, 5.41) is 21.0. The van der Waals surface area contributed by atoms with E-state index in [2.05, 4.69) is 20.3 Å². The van der Waals surface area contributed by atoms with Gasteiger partial charge in [-0.3, -0.25) is 0 Å². The number of carboxylic acids is 1. The first kappa shape index (κ1) is 12.9. The van der Waals surface area contributed by atoms with Crippen LogP contribution in [0.4, 0.5) is 0 Å². The minimum atomic E-state index is -1.10. The molecule has 0 aliphatic heterocycles. The number of methoxy groups -OCH3 is 1. The van der Waals surface area contributed by atoms with Gasteiger partial charge >= 0.3 is 5.97 Å². The molecule has 0 aromatic carbocycles. The van der Waals surface area contributed by atoms with Crippen molar-refractivity contribution < 1.29 is 14.6 Å². The van der Waals surface area contributed by atoms with E-state index in [1.54, 1.807) is 24.5 Å². The Morgan fingerprint density at radius 2 is 2.19 bits per heavy atom. The summed E-state index contributed by atoms with van der Waals surface area (Å²) in [6.07, 6.45) is 3.49. The van der Waals surface area contributed by atoms with Crippen LogP contribution >= 0.6 is 0 Å². The number of nitrogens with one attached hydrogen (secondary N) is 1. The molecule has 2 N–H and O–H groups in total. The Hall–Kier alpha value is -3.16. The molecule has 0 saturated heterocycles. The monoisotopic (exact) mass is 285 g/mol. The molecule has 0 bridgehead atoms. The number of rotatable bonds is 4. The number of aromatic amines is 1. The van der Waals surface area contributed by atoms with Crippen molar-refractivity contribution in [1.82, 2.24) is 25.0 Å². The van der Waals surface area contributed by atoms with Crippen LogP contribution in [-0.2, 0) is 0 Å². The summed E-state index contributed by atoms with van der Waals surface area (Å²) in [6, 6.07) is 6.58. The predicted octanol–water partition coefficient (Wildman–Crippen LogP) is 1.36. The Bertz CT molecular complexity index is 762. The Morgan fingerprint density at radius 1 is 1.33 bits per heavy atom. The van der Waals surface area contributed by atoms with Crippen LogP contribution in [0.1, 0.15) is 10.5 Å². The topological polar surface area (TPSA) is 106 Å². The highest BCUT2D eigenvalue weighted by Gasteiger charge is 2.17. The Kier molecular flexibility index (Phi) is 3.11. The van der Waals surface area contributed by atoms with Gasteiger partial charge in [-0.25, -0.2) is 9.48 Å². The van der Waals surface area contributed by atoms with Crippen molar-refractivity contribution in [2.75, 3.05) is 7.11 Å². The number of hydrogen-bond donors (Lipinski definition) is 2. The molecule has 3 rings (SSSR count). The minimum absolute atomic E-state index is 0.0659. The first-order chi connectivity index (χ1) is 10.2. The number of nitrogens with zero attached hydrogens (tertiary/aromatic N) is 4. The number of ether oxygens (including phenoxy) is 1. The van der Waals surface area contributed by atoms with Gasteiger partial charge in [0.2, 0.25) is 5.88 Å². The second kappa shape index (κ2) is 5.08. The van der Waals surface area contributed by atoms with Gasteiger partial charge in [0.15, 0.2) is 11.5 Å². The van der Waals surface area contributed by atoms with Crippen LogP contribution in [0.25, 0.3) is 17.1 Å². The van der Waals surface area contributed by atoms with E-state index in [4.69, 9.17) is 9.84 Å². The summed E-state index contributed by atoms with van der Waals surface area (Å²) < 4.78 is 6.38. The van der Waals surface area contributed by atoms with Crippen molar-refractivity contribution in [3.05, 3.63) is 42.4 Å². The zero-order chi connectivity index (χ0) is 14.8. The summed E-state index contributed by atoms with van der Waals surface area (Å²) in [6.45, 7) is 0. The molecule has 21 heavy (non-hydrogen) atoms. The molecule has 0 unspecified atom stereocenters. The molecular formula is C13H11N5O3. The fraction of sp³-hybridized carbons (Fsp3) is 0.0769. The number of hydrogen-bond acceptors (Lipinski definition) is 5. The van der Waals surface area contributed by atoms with Crippen LogP contribution in [-0.4, -0.2) is 43.1 Å². The van der Waals surface area contributed by atoms with E-state index in [0.29, 0.717) is 17.4 Å². The highest BCUT2D eigenvalue weighted by Crippen LogP contribution is 2.23. The molecule has 0 fully saturated rings. The molecule has 106 valence electrons. The van der Waals surface area contributed by atoms with Crippen LogP contribution in [0.3, 0.4) is 0 Å². The van der Waals surface area contributed by atoms with Gasteiger partial charge in [0.05, 0.1) is 12.8 Å². The van der Waals surface area contributed by atoms with E-state index in [9.17, 15) is 4.79 Å². The standard InChI is InChI=1S/C13H11N5O3/c1-21-12-3-2-11(15-16-12)18-10(8-4-5-14-7-8)6-9(17-18)13(19)20/h2-7,14H,1H3,(H,19,20). The third kappa shape index (κ3) is 2.34. The second-order valence-corrected chi connectivity index (χ2v) is 4.17. The van der Waals surface area contributed by atoms with Gasteiger partial charge in [-0.2, -0.15) is 5.10 Å². The number of H-pyrrole nitrogens is 1. The second-order valence-electron chi connectivity index (χ2n) is 4.17. The third-order valence-corrected chi connectivity index (χ3v) is 2.87. The average Bonchev–Trinajstić information content (AvgIpc) is 3.16. The first-order valence-electron chi connectivity index (χ1n) is 6.03. The van der Waals surface area contributed by atoms with Gasteiger partial charge in [-0.15, -0.1) is 10.2 Å². The first-order valence-corrected chi connectivity index (χ1v) is 6.03. The van der Waals surface area contributed by atoms with E-state index < -0.39 is 5.97 Å². The van der Waals surface area contributed by atoms with Crippen LogP contribution in [0.2, 0.25) is 0 Å². The highest BCUT2D eigenvalue weighted by atomic mass is 16.5. The zero-order valence-corrected chi connectivity index (χ0v) is 11.0. The van der Waals surface area contributed by atoms with E-state index >= 15 is 0 Å². The molecule has 0 aliphatic carbocycles. The lowest BCUT2D eigenvalue weighted by Crippen LogP contribution is -2.05. The number of aromatic carboxylic acids is 1. The van der Waals surface area contributed by atoms with Gasteiger partial charge < -0.3 is 14.8 Å². The summed E-state index contributed by atoms with van der Waals surface area (Å²) >= 11 is 0. The van der Waals surface area contributed by atoms with Gasteiger partial charge in [-0.1, -0.05) is 0 Å². The van der Waals surface area contributed by atoms with Crippen LogP contribution in [0.5, 0.6) is 5.88 Å². The molecule has 3 aromatic heterocycles. The van der Waals surface area contributed by atoms with Crippen LogP contribution in [0, 0.1) is 0 Å². The van der Waals surface area contributed by atoms with Crippen molar-refractivity contribution in [3.8, 4) is 23.0 Å². The maximum atomic E-state index is 11.1. The lowest BCUT2D eigenvalue weighted by molar-refractivity contribution is 0.0690. The van der Waals surface area contributed by atoms with Crippen molar-refractivity contribution in [3.63, 3.8) is 0 Å². The van der Waals surface area contributed by atoms with Crippen molar-refractivity contribution in [1.29, 1.82) is 0 Å². The van der Waals surface area contributed by atoms with Crippen molar-refractivity contribution in [2.24, 2.45) is 0 Å². The number of carbonyl (C=O) groups is 1. The number of aromatic nitrogens is 5. The molecule has 3 heterocycles. The maximum absolute atomic E-state index is 11.1. The fourth-order valence-electron chi connectivity index (χ4n) is 1.88. The minimum Gasteiger partial charge on any atom is -0.480 e. The largest absolute Gasteiger partial charge is 0.480 e. The quantitative estimate of drug-likeness (QED) is 0.749. The summed E-state index contributed by atoms with van der Waals surface area (Å²) in [7, 11) is 1.49. The molecule has 0 aliphatic rings. The third-order valence-electron chi connectivity index (χ3n) is 2.87. The lowest BCUT2D eigenvalue weighted by Gasteiger charge is -2.04. The number of carboxylic acid groups (broad SMARTS) is 1. The van der Waals surface area contributed by atoms with Crippen LogP contribution < -0.4 is 4.74 Å². The Balaban J connectivity index is 2.13. The normalized spacial score (nSPS) is 10.5. The van der Waals surface area contributed by atoms with Gasteiger partial charge in [-0.05, 0) is 18.2 Å². The van der Waals surface area contributed by atoms with Crippen molar-refractivity contribution in [2.45, 2.75) is 0 Å². The summed E-state index contributed by atoms with van der Waals surface area (Å²) in [5.41, 5.74) is 1.34. The highest BCUT2D eigenvalue weighted by molar-refractivity contribution is 5.87. The lowest BCUT2D eigenvalue weighted by atomic mass is 10.2. The van der Waals surface area contributed by atoms with Gasteiger partial charge in [0.25, 0.3) is 0 Å². The Morgan fingerprint density at radius 3 is 2.76 bits per heavy atom. The van der Waals surface area contributed by atoms with Crippen molar-refractivity contribution >= 4 is 5.97 Å². The van der Waals surface area contributed by atoms with E-state index in [0.717, 1.165) is 5.56 Å². The molecule has 0 radical (unpaired) electrons.